The summed E-state index contributed by atoms with van der Waals surface area (Å²) < 4.78 is 5.33. The molecule has 0 saturated carbocycles. The molecule has 106 valence electrons. The Bertz CT molecular complexity index is 553. The number of amides is 1. The minimum atomic E-state index is -0.159. The van der Waals surface area contributed by atoms with E-state index in [0.717, 1.165) is 18.8 Å². The number of ether oxygens (including phenoxy) is 1. The maximum Gasteiger partial charge on any atom is 0.234 e. The molecular weight excluding hydrogens is 258 g/mol. The van der Waals surface area contributed by atoms with Crippen LogP contribution in [-0.2, 0) is 14.3 Å². The first-order valence-electron chi connectivity index (χ1n) is 6.69. The molecule has 0 unspecified atom stereocenters. The first-order valence-corrected chi connectivity index (χ1v) is 6.69. The number of benzene rings is 1. The third-order valence-corrected chi connectivity index (χ3v) is 3.60. The Hall–Kier alpha value is -2.08. The zero-order valence-electron chi connectivity index (χ0n) is 11.2. The van der Waals surface area contributed by atoms with E-state index in [4.69, 9.17) is 10.5 Å². The molecule has 2 aliphatic heterocycles. The highest BCUT2D eigenvalue weighted by Gasteiger charge is 2.29. The number of nitrogen functional groups attached to an aromatic ring is 1. The lowest BCUT2D eigenvalue weighted by Crippen LogP contribution is -2.36. The second-order valence-corrected chi connectivity index (χ2v) is 5.08. The molecular formula is C14H17N3O3. The number of hydrogen-bond acceptors (Lipinski definition) is 5. The van der Waals surface area contributed by atoms with Gasteiger partial charge in [-0.05, 0) is 18.2 Å². The maximum atomic E-state index is 11.8. The molecule has 2 aliphatic rings. The summed E-state index contributed by atoms with van der Waals surface area (Å²) in [6, 6.07) is 5.54. The van der Waals surface area contributed by atoms with E-state index in [2.05, 4.69) is 4.90 Å². The van der Waals surface area contributed by atoms with Crippen molar-refractivity contribution in [1.29, 1.82) is 0 Å². The Morgan fingerprint density at radius 3 is 2.40 bits per heavy atom. The van der Waals surface area contributed by atoms with Crippen LogP contribution in [0.4, 0.5) is 17.1 Å². The van der Waals surface area contributed by atoms with Crippen molar-refractivity contribution in [3.63, 3.8) is 0 Å². The molecule has 1 aromatic carbocycles. The second kappa shape index (κ2) is 5.13. The predicted octanol–water partition coefficient (Wildman–Crippen LogP) is 0.411. The third kappa shape index (κ3) is 2.46. The van der Waals surface area contributed by atoms with Gasteiger partial charge in [0, 0.05) is 30.2 Å². The average Bonchev–Trinajstić information content (AvgIpc) is 2.78. The van der Waals surface area contributed by atoms with Crippen LogP contribution in [0, 0.1) is 0 Å². The number of ketones is 1. The number of nitrogens with two attached hydrogens (primary N) is 1. The molecule has 0 aromatic heterocycles. The van der Waals surface area contributed by atoms with Crippen molar-refractivity contribution in [2.45, 2.75) is 6.42 Å². The van der Waals surface area contributed by atoms with Gasteiger partial charge in [-0.15, -0.1) is 0 Å². The molecule has 2 saturated heterocycles. The molecule has 3 rings (SSSR count). The molecule has 1 aromatic rings. The minimum Gasteiger partial charge on any atom is -0.399 e. The highest BCUT2D eigenvalue weighted by molar-refractivity contribution is 6.15. The molecule has 0 atom stereocenters. The monoisotopic (exact) mass is 275 g/mol. The lowest BCUT2D eigenvalue weighted by atomic mass is 10.2. The predicted molar refractivity (Wildman–Crippen MR) is 75.9 cm³/mol. The third-order valence-electron chi connectivity index (χ3n) is 3.60. The van der Waals surface area contributed by atoms with Crippen LogP contribution in [0.2, 0.25) is 0 Å². The molecule has 2 N–H and O–H groups in total. The van der Waals surface area contributed by atoms with Crippen molar-refractivity contribution in [2.24, 2.45) is 0 Å². The number of rotatable bonds is 2. The van der Waals surface area contributed by atoms with Crippen molar-refractivity contribution in [2.75, 3.05) is 48.4 Å². The number of morpholine rings is 1. The minimum absolute atomic E-state index is 0.0122. The Labute approximate surface area is 117 Å². The van der Waals surface area contributed by atoms with Crippen LogP contribution < -0.4 is 15.5 Å². The molecule has 2 fully saturated rings. The highest BCUT2D eigenvalue weighted by Crippen LogP contribution is 2.29. The fourth-order valence-corrected chi connectivity index (χ4v) is 2.60. The summed E-state index contributed by atoms with van der Waals surface area (Å²) in [7, 11) is 0. The fraction of sp³-hybridized carbons (Fsp3) is 0.429. The molecule has 20 heavy (non-hydrogen) atoms. The number of hydrogen-bond donors (Lipinski definition) is 1. The van der Waals surface area contributed by atoms with E-state index in [9.17, 15) is 9.59 Å². The summed E-state index contributed by atoms with van der Waals surface area (Å²) in [5.41, 5.74) is 8.19. The molecule has 6 heteroatoms. The summed E-state index contributed by atoms with van der Waals surface area (Å²) in [5.74, 6) is -0.209. The number of anilines is 3. The van der Waals surface area contributed by atoms with Gasteiger partial charge in [0.2, 0.25) is 5.91 Å². The summed E-state index contributed by atoms with van der Waals surface area (Å²) in [5, 5.41) is 0. The zero-order valence-corrected chi connectivity index (χ0v) is 11.2. The van der Waals surface area contributed by atoms with Crippen molar-refractivity contribution in [3.05, 3.63) is 18.2 Å². The average molecular weight is 275 g/mol. The molecule has 0 spiro atoms. The van der Waals surface area contributed by atoms with Crippen LogP contribution in [0.3, 0.4) is 0 Å². The Morgan fingerprint density at radius 2 is 1.75 bits per heavy atom. The van der Waals surface area contributed by atoms with Crippen LogP contribution >= 0.6 is 0 Å². The quantitative estimate of drug-likeness (QED) is 0.625. The van der Waals surface area contributed by atoms with Gasteiger partial charge >= 0.3 is 0 Å². The van der Waals surface area contributed by atoms with Crippen LogP contribution in [0.5, 0.6) is 0 Å². The van der Waals surface area contributed by atoms with Gasteiger partial charge in [0.1, 0.15) is 0 Å². The normalized spacial score (nSPS) is 19.8. The van der Waals surface area contributed by atoms with Gasteiger partial charge in [-0.2, -0.15) is 0 Å². The van der Waals surface area contributed by atoms with Crippen molar-refractivity contribution in [1.82, 2.24) is 0 Å². The van der Waals surface area contributed by atoms with Crippen molar-refractivity contribution < 1.29 is 14.3 Å². The number of carbonyl (C=O) groups is 2. The van der Waals surface area contributed by atoms with E-state index >= 15 is 0 Å². The van der Waals surface area contributed by atoms with E-state index in [1.165, 1.54) is 4.90 Å². The number of Topliss-reactive ketones (excluding diaryl/α,β-unsaturated/α-hetero) is 1. The molecule has 6 nitrogen and oxygen atoms in total. The summed E-state index contributed by atoms with van der Waals surface area (Å²) in [4.78, 5) is 26.9. The Morgan fingerprint density at radius 1 is 1.05 bits per heavy atom. The Kier molecular flexibility index (Phi) is 3.31. The van der Waals surface area contributed by atoms with Gasteiger partial charge < -0.3 is 20.3 Å². The van der Waals surface area contributed by atoms with E-state index < -0.39 is 0 Å². The molecule has 0 radical (unpaired) electrons. The molecule has 1 amide bonds. The van der Waals surface area contributed by atoms with Crippen LogP contribution in [0.15, 0.2) is 18.2 Å². The smallest absolute Gasteiger partial charge is 0.234 e. The molecule has 0 bridgehead atoms. The summed E-state index contributed by atoms with van der Waals surface area (Å²) >= 11 is 0. The van der Waals surface area contributed by atoms with Crippen molar-refractivity contribution >= 4 is 28.8 Å². The first-order chi connectivity index (χ1) is 9.63. The fourth-order valence-electron chi connectivity index (χ4n) is 2.60. The van der Waals surface area contributed by atoms with E-state index in [1.807, 2.05) is 12.1 Å². The number of carbonyl (C=O) groups excluding carboxylic acids is 2. The number of nitrogens with zero attached hydrogens (tertiary/aromatic N) is 2. The largest absolute Gasteiger partial charge is 0.399 e. The van der Waals surface area contributed by atoms with E-state index in [1.54, 1.807) is 6.07 Å². The van der Waals surface area contributed by atoms with Gasteiger partial charge in [-0.1, -0.05) is 0 Å². The maximum absolute atomic E-state index is 11.8. The van der Waals surface area contributed by atoms with Crippen LogP contribution in [0.1, 0.15) is 6.42 Å². The first kappa shape index (κ1) is 12.9. The second-order valence-electron chi connectivity index (χ2n) is 5.08. The summed E-state index contributed by atoms with van der Waals surface area (Å²) in [6.07, 6.45) is -0.0122. The van der Waals surface area contributed by atoms with Gasteiger partial charge in [0.25, 0.3) is 0 Å². The SMILES string of the molecule is Nc1cc(N2CCOCC2)cc(N2CC(=O)CC2=O)c1. The lowest BCUT2D eigenvalue weighted by molar-refractivity contribution is -0.121. The van der Waals surface area contributed by atoms with Crippen LogP contribution in [0.25, 0.3) is 0 Å². The van der Waals surface area contributed by atoms with Crippen molar-refractivity contribution in [3.8, 4) is 0 Å². The van der Waals surface area contributed by atoms with Gasteiger partial charge in [0.15, 0.2) is 5.78 Å². The van der Waals surface area contributed by atoms with E-state index in [0.29, 0.717) is 24.6 Å². The standard InChI is InChI=1S/C14H17N3O3/c15-10-5-11(16-1-3-20-4-2-16)7-12(6-10)17-9-13(18)8-14(17)19/h5-7H,1-4,8-9,15H2. The van der Waals surface area contributed by atoms with Gasteiger partial charge in [0.05, 0.1) is 26.2 Å². The zero-order chi connectivity index (χ0) is 14.1. The van der Waals surface area contributed by atoms with E-state index in [-0.39, 0.29) is 24.7 Å². The van der Waals surface area contributed by atoms with Crippen LogP contribution in [-0.4, -0.2) is 44.5 Å². The topological polar surface area (TPSA) is 75.9 Å². The lowest BCUT2D eigenvalue weighted by Gasteiger charge is -2.30. The molecule has 0 aliphatic carbocycles. The Balaban J connectivity index is 1.90. The van der Waals surface area contributed by atoms with Gasteiger partial charge in [-0.25, -0.2) is 0 Å². The molecule has 2 heterocycles. The summed E-state index contributed by atoms with van der Waals surface area (Å²) in [6.45, 7) is 3.12. The van der Waals surface area contributed by atoms with Gasteiger partial charge in [-0.3, -0.25) is 9.59 Å². The highest BCUT2D eigenvalue weighted by atomic mass is 16.5.